The molecule has 60 heavy (non-hydrogen) atoms. The van der Waals surface area contributed by atoms with E-state index < -0.39 is 29.9 Å². The number of rotatable bonds is 19. The van der Waals surface area contributed by atoms with Crippen LogP contribution in [0.2, 0.25) is 0 Å². The quantitative estimate of drug-likeness (QED) is 0.0612. The van der Waals surface area contributed by atoms with Crippen LogP contribution in [0.25, 0.3) is 0 Å². The monoisotopic (exact) mass is 827 g/mol. The second-order valence-electron chi connectivity index (χ2n) is 15.2. The maximum atomic E-state index is 13.5. The minimum Gasteiger partial charge on any atom is -0.497 e. The van der Waals surface area contributed by atoms with Gasteiger partial charge in [0.1, 0.15) is 35.6 Å². The van der Waals surface area contributed by atoms with Crippen molar-refractivity contribution in [3.63, 3.8) is 0 Å². The van der Waals surface area contributed by atoms with Gasteiger partial charge in [-0.15, -0.1) is 6.58 Å². The van der Waals surface area contributed by atoms with E-state index in [4.69, 9.17) is 38.4 Å². The van der Waals surface area contributed by atoms with E-state index in [0.717, 1.165) is 42.4 Å². The van der Waals surface area contributed by atoms with Gasteiger partial charge >= 0.3 is 12.2 Å². The second kappa shape index (κ2) is 20.6. The molecule has 14 heteroatoms. The van der Waals surface area contributed by atoms with E-state index in [-0.39, 0.29) is 56.4 Å². The Hall–Kier alpha value is -5.57. The predicted octanol–water partition coefficient (Wildman–Crippen LogP) is 7.85. The number of anilines is 1. The number of nitrogens with zero attached hydrogens (tertiary/aromatic N) is 2. The van der Waals surface area contributed by atoms with Crippen LogP contribution in [0.4, 0.5) is 15.3 Å². The molecule has 0 radical (unpaired) electrons. The molecule has 1 saturated carbocycles. The summed E-state index contributed by atoms with van der Waals surface area (Å²) >= 11 is 0. The van der Waals surface area contributed by atoms with Gasteiger partial charge in [0.2, 0.25) is 5.79 Å². The molecule has 0 bridgehead atoms. The van der Waals surface area contributed by atoms with E-state index in [1.807, 2.05) is 36.4 Å². The van der Waals surface area contributed by atoms with Crippen molar-refractivity contribution in [1.82, 2.24) is 4.90 Å². The van der Waals surface area contributed by atoms with Crippen molar-refractivity contribution in [3.05, 3.63) is 102 Å². The van der Waals surface area contributed by atoms with Crippen LogP contribution in [0.1, 0.15) is 62.0 Å². The molecule has 1 heterocycles. The topological polar surface area (TPSA) is 167 Å². The first-order valence-electron chi connectivity index (χ1n) is 20.5. The van der Waals surface area contributed by atoms with Crippen LogP contribution in [-0.2, 0) is 20.9 Å². The number of nitrogens with one attached hydrogen (secondary N) is 1. The third-order valence-electron chi connectivity index (χ3n) is 11.7. The third kappa shape index (κ3) is 9.56. The van der Waals surface area contributed by atoms with E-state index in [0.29, 0.717) is 41.5 Å². The Morgan fingerprint density at radius 1 is 0.967 bits per heavy atom. The number of aliphatic hydroxyl groups is 2. The van der Waals surface area contributed by atoms with Crippen molar-refractivity contribution < 1.29 is 53.1 Å². The number of aliphatic hydroxyl groups excluding tert-OH is 2. The number of hydrogen-bond donors (Lipinski definition) is 3. The summed E-state index contributed by atoms with van der Waals surface area (Å²) in [6, 6.07) is 19.3. The Morgan fingerprint density at radius 2 is 1.72 bits per heavy atom. The summed E-state index contributed by atoms with van der Waals surface area (Å²) in [7, 11) is 6.04. The summed E-state index contributed by atoms with van der Waals surface area (Å²) in [5, 5.41) is 27.3. The van der Waals surface area contributed by atoms with Crippen LogP contribution in [0.15, 0.2) is 96.2 Å². The van der Waals surface area contributed by atoms with Crippen molar-refractivity contribution >= 4 is 23.6 Å². The number of carbonyl (C=O) groups excluding carboxylic acids is 2. The molecule has 0 aromatic heterocycles. The first-order chi connectivity index (χ1) is 29.2. The number of amides is 2. The number of oxime groups is 1. The van der Waals surface area contributed by atoms with Gasteiger partial charge in [-0.3, -0.25) is 5.32 Å². The number of benzene rings is 3. The van der Waals surface area contributed by atoms with E-state index in [2.05, 4.69) is 18.0 Å². The Balaban J connectivity index is 1.49. The van der Waals surface area contributed by atoms with Gasteiger partial charge in [-0.25, -0.2) is 9.59 Å². The first kappa shape index (κ1) is 44.0. The molecule has 0 spiro atoms. The lowest BCUT2D eigenvalue weighted by molar-refractivity contribution is -0.253. The van der Waals surface area contributed by atoms with Crippen LogP contribution in [0.5, 0.6) is 23.0 Å². The molecule has 0 saturated heterocycles. The van der Waals surface area contributed by atoms with Crippen LogP contribution >= 0.6 is 0 Å². The molecule has 322 valence electrons. The highest BCUT2D eigenvalue weighted by molar-refractivity contribution is 6.03. The molecule has 2 aliphatic carbocycles. The summed E-state index contributed by atoms with van der Waals surface area (Å²) in [4.78, 5) is 34.5. The van der Waals surface area contributed by atoms with Gasteiger partial charge in [-0.05, 0) is 79.0 Å². The van der Waals surface area contributed by atoms with Crippen LogP contribution in [-0.4, -0.2) is 93.0 Å². The Bertz CT molecular complexity index is 2010. The molecule has 1 fully saturated rings. The maximum absolute atomic E-state index is 13.5. The van der Waals surface area contributed by atoms with Crippen molar-refractivity contribution in [2.75, 3.05) is 53.5 Å². The average molecular weight is 828 g/mol. The number of allylic oxidation sites excluding steroid dienone is 1. The lowest BCUT2D eigenvalue weighted by Gasteiger charge is -2.59. The van der Waals surface area contributed by atoms with Crippen molar-refractivity contribution in [2.45, 2.75) is 69.3 Å². The number of hydrogen-bond acceptors (Lipinski definition) is 12. The number of likely N-dealkylation sites (N-methyl/N-ethyl adjacent to an activating group) is 1. The lowest BCUT2D eigenvalue weighted by Crippen LogP contribution is -2.69. The highest BCUT2D eigenvalue weighted by Gasteiger charge is 2.65. The number of unbranched alkanes of at least 4 members (excludes halogenated alkanes) is 2. The van der Waals surface area contributed by atoms with E-state index >= 15 is 0 Å². The SMILES string of the molecule is C=CCOC12Oc3ccc(OC(=O)Nc4ccc(OC)cc4OC)cc3C3C(CCCCO)C(CCCCO)C=C(C(=NOCc4ccccc4)CC1N(C)C(=O)OC)C32. The normalized spacial score (nSPS) is 23.2. The Morgan fingerprint density at radius 3 is 2.42 bits per heavy atom. The van der Waals surface area contributed by atoms with Gasteiger partial charge in [-0.1, -0.05) is 60.5 Å². The molecule has 6 atom stereocenters. The average Bonchev–Trinajstić information content (AvgIpc) is 3.27. The highest BCUT2D eigenvalue weighted by Crippen LogP contribution is 2.62. The van der Waals surface area contributed by atoms with Crippen molar-refractivity contribution in [3.8, 4) is 23.0 Å². The zero-order valence-electron chi connectivity index (χ0n) is 34.8. The standard InChI is InChI=1S/C46H57N3O11/c1-6-24-57-46-41(49(2)45(53)56-5)28-38(48-58-29-30-14-8-7-9-15-30)35-25-31(16-10-12-22-50)34(17-11-13-23-51)42(43(35)46)36-26-33(19-21-39(36)60-46)59-44(52)47-37-20-18-32(54-3)27-40(37)55-4/h6-9,14-15,18-21,25-27,31,34,41-43,50-51H,1,10-13,16-17,22-24,28-29H2,2-5H3,(H,47,52). The number of ether oxygens (including phenoxy) is 6. The van der Waals surface area contributed by atoms with Crippen LogP contribution < -0.4 is 24.3 Å². The van der Waals surface area contributed by atoms with Gasteiger partial charge in [0.25, 0.3) is 0 Å². The molecular weight excluding hydrogens is 771 g/mol. The second-order valence-corrected chi connectivity index (χ2v) is 15.2. The van der Waals surface area contributed by atoms with E-state index in [1.165, 1.54) is 19.1 Å². The zero-order valence-corrected chi connectivity index (χ0v) is 34.8. The Labute approximate surface area is 351 Å². The summed E-state index contributed by atoms with van der Waals surface area (Å²) in [5.74, 6) is -0.577. The van der Waals surface area contributed by atoms with Crippen molar-refractivity contribution in [2.24, 2.45) is 22.9 Å². The largest absolute Gasteiger partial charge is 0.497 e. The van der Waals surface area contributed by atoms with E-state index in [1.54, 1.807) is 50.6 Å². The summed E-state index contributed by atoms with van der Waals surface area (Å²) in [5.41, 5.74) is 3.66. The summed E-state index contributed by atoms with van der Waals surface area (Å²) in [6.07, 6.45) is 7.12. The zero-order chi connectivity index (χ0) is 42.6. The highest BCUT2D eigenvalue weighted by atomic mass is 16.7. The van der Waals surface area contributed by atoms with Gasteiger partial charge in [0.05, 0.1) is 45.3 Å². The fraction of sp³-hybridized carbons (Fsp3) is 0.457. The van der Waals surface area contributed by atoms with Crippen LogP contribution in [0.3, 0.4) is 0 Å². The number of methoxy groups -OCH3 is 3. The molecule has 6 unspecified atom stereocenters. The molecule has 3 aliphatic rings. The summed E-state index contributed by atoms with van der Waals surface area (Å²) < 4.78 is 36.0. The minimum atomic E-state index is -1.45. The fourth-order valence-corrected chi connectivity index (χ4v) is 8.97. The van der Waals surface area contributed by atoms with Gasteiger partial charge in [0.15, 0.2) is 0 Å². The fourth-order valence-electron chi connectivity index (χ4n) is 8.97. The van der Waals surface area contributed by atoms with E-state index in [9.17, 15) is 19.8 Å². The number of fused-ring (bicyclic) bond motifs is 2. The maximum Gasteiger partial charge on any atom is 0.417 e. The molecular formula is C46H57N3O11. The molecule has 3 N–H and O–H groups in total. The van der Waals surface area contributed by atoms with Crippen LogP contribution in [0, 0.1) is 17.8 Å². The van der Waals surface area contributed by atoms with Gasteiger partial charge < -0.3 is 48.4 Å². The van der Waals surface area contributed by atoms with Gasteiger partial charge in [-0.2, -0.15) is 0 Å². The predicted molar refractivity (Wildman–Crippen MR) is 226 cm³/mol. The smallest absolute Gasteiger partial charge is 0.417 e. The molecule has 14 nitrogen and oxygen atoms in total. The molecule has 3 aromatic rings. The molecule has 2 amide bonds. The Kier molecular flexibility index (Phi) is 15.1. The molecule has 1 aliphatic heterocycles. The molecule has 3 aromatic carbocycles. The first-order valence-corrected chi connectivity index (χ1v) is 20.5. The minimum absolute atomic E-state index is 0.0131. The summed E-state index contributed by atoms with van der Waals surface area (Å²) in [6.45, 7) is 4.42. The van der Waals surface area contributed by atoms with Crippen molar-refractivity contribution in [1.29, 1.82) is 0 Å². The number of carbonyl (C=O) groups is 2. The lowest BCUT2D eigenvalue weighted by atomic mass is 9.55. The molecule has 6 rings (SSSR count). The van der Waals surface area contributed by atoms with Gasteiger partial charge in [0, 0.05) is 44.2 Å². The third-order valence-corrected chi connectivity index (χ3v) is 11.7.